The molecular formula is C13H15N3OS. The van der Waals surface area contributed by atoms with Crippen molar-refractivity contribution in [2.75, 3.05) is 12.9 Å². The van der Waals surface area contributed by atoms with E-state index in [-0.39, 0.29) is 0 Å². The van der Waals surface area contributed by atoms with Gasteiger partial charge in [-0.25, -0.2) is 4.99 Å². The molecule has 5 heteroatoms. The monoisotopic (exact) mass is 261 g/mol. The van der Waals surface area contributed by atoms with E-state index >= 15 is 0 Å². The molecule has 0 aliphatic rings. The summed E-state index contributed by atoms with van der Waals surface area (Å²) in [5, 5.41) is 11.6. The number of nitrogens with one attached hydrogen (secondary N) is 1. The molecule has 0 saturated carbocycles. The molecule has 0 atom stereocenters. The third-order valence-corrected chi connectivity index (χ3v) is 2.49. The minimum Gasteiger partial charge on any atom is -0.489 e. The predicted molar refractivity (Wildman–Crippen MR) is 76.1 cm³/mol. The molecular weight excluding hydrogens is 246 g/mol. The lowest BCUT2D eigenvalue weighted by Crippen LogP contribution is -2.12. The van der Waals surface area contributed by atoms with Crippen molar-refractivity contribution in [2.45, 2.75) is 6.92 Å². The second-order valence-electron chi connectivity index (χ2n) is 3.60. The van der Waals surface area contributed by atoms with Crippen LogP contribution >= 0.6 is 11.8 Å². The van der Waals surface area contributed by atoms with E-state index in [2.05, 4.69) is 16.9 Å². The number of benzene rings is 1. The molecule has 0 unspecified atom stereocenters. The number of rotatable bonds is 4. The molecule has 0 aliphatic carbocycles. The van der Waals surface area contributed by atoms with Gasteiger partial charge in [-0.1, -0.05) is 18.3 Å². The Balaban J connectivity index is 2.70. The average Bonchev–Trinajstić information content (AvgIpc) is 2.37. The van der Waals surface area contributed by atoms with Gasteiger partial charge in [0.05, 0.1) is 5.69 Å². The van der Waals surface area contributed by atoms with Gasteiger partial charge in [-0.2, -0.15) is 5.26 Å². The zero-order valence-electron chi connectivity index (χ0n) is 10.4. The Kier molecular flexibility index (Phi) is 5.81. The topological polar surface area (TPSA) is 57.4 Å². The van der Waals surface area contributed by atoms with Gasteiger partial charge in [0.15, 0.2) is 11.4 Å². The van der Waals surface area contributed by atoms with Crippen molar-refractivity contribution < 1.29 is 4.74 Å². The summed E-state index contributed by atoms with van der Waals surface area (Å²) in [6, 6.07) is 7.35. The fraction of sp³-hybridized carbons (Fsp3) is 0.231. The summed E-state index contributed by atoms with van der Waals surface area (Å²) in [7, 11) is 0. The molecule has 1 aromatic rings. The van der Waals surface area contributed by atoms with Crippen LogP contribution in [0.2, 0.25) is 0 Å². The van der Waals surface area contributed by atoms with Gasteiger partial charge >= 0.3 is 0 Å². The summed E-state index contributed by atoms with van der Waals surface area (Å²) in [5.41, 5.74) is 1.74. The fourth-order valence-corrected chi connectivity index (χ4v) is 1.46. The van der Waals surface area contributed by atoms with Gasteiger partial charge in [0.25, 0.3) is 0 Å². The third kappa shape index (κ3) is 4.93. The van der Waals surface area contributed by atoms with Crippen molar-refractivity contribution in [3.63, 3.8) is 0 Å². The molecule has 0 amide bonds. The average molecular weight is 261 g/mol. The summed E-state index contributed by atoms with van der Waals surface area (Å²) in [5.74, 6) is 0.774. The second-order valence-corrected chi connectivity index (χ2v) is 4.39. The van der Waals surface area contributed by atoms with Crippen molar-refractivity contribution in [2.24, 2.45) is 4.99 Å². The van der Waals surface area contributed by atoms with Gasteiger partial charge in [0.1, 0.15) is 12.4 Å². The number of nitrogens with zero attached hydrogens (tertiary/aromatic N) is 2. The van der Waals surface area contributed by atoms with Crippen LogP contribution in [-0.2, 0) is 0 Å². The molecule has 0 saturated heterocycles. The minimum absolute atomic E-state index is 0.509. The van der Waals surface area contributed by atoms with E-state index in [1.54, 1.807) is 0 Å². The van der Waals surface area contributed by atoms with Crippen molar-refractivity contribution in [1.82, 2.24) is 5.32 Å². The maximum Gasteiger partial charge on any atom is 0.183 e. The van der Waals surface area contributed by atoms with Crippen molar-refractivity contribution >= 4 is 22.6 Å². The van der Waals surface area contributed by atoms with E-state index in [4.69, 9.17) is 10.00 Å². The Morgan fingerprint density at radius 2 is 2.17 bits per heavy atom. The largest absolute Gasteiger partial charge is 0.489 e. The Hall–Kier alpha value is -1.93. The number of ether oxygens (including phenoxy) is 1. The van der Waals surface area contributed by atoms with E-state index in [0.29, 0.717) is 11.8 Å². The predicted octanol–water partition coefficient (Wildman–Crippen LogP) is 3.06. The SMILES string of the molecule is C=C(C)COc1ccc(N=C(NC#N)SC)cc1. The van der Waals surface area contributed by atoms with E-state index in [1.165, 1.54) is 11.8 Å². The molecule has 0 aromatic heterocycles. The molecule has 1 N–H and O–H groups in total. The number of hydrogen-bond donors (Lipinski definition) is 1. The Morgan fingerprint density at radius 1 is 1.50 bits per heavy atom. The van der Waals surface area contributed by atoms with Crippen LogP contribution in [0.1, 0.15) is 6.92 Å². The summed E-state index contributed by atoms with van der Waals surface area (Å²) < 4.78 is 5.48. The van der Waals surface area contributed by atoms with Gasteiger partial charge in [-0.05, 0) is 43.0 Å². The van der Waals surface area contributed by atoms with Gasteiger partial charge in [0, 0.05) is 0 Å². The van der Waals surface area contributed by atoms with Crippen LogP contribution < -0.4 is 10.1 Å². The van der Waals surface area contributed by atoms with Crippen LogP contribution in [0.4, 0.5) is 5.69 Å². The first-order valence-corrected chi connectivity index (χ1v) is 6.53. The van der Waals surface area contributed by atoms with E-state index in [9.17, 15) is 0 Å². The number of aliphatic imine (C=N–C) groups is 1. The molecule has 0 heterocycles. The summed E-state index contributed by atoms with van der Waals surface area (Å²) >= 11 is 1.38. The van der Waals surface area contributed by atoms with Crippen molar-refractivity contribution in [3.8, 4) is 11.9 Å². The zero-order chi connectivity index (χ0) is 13.4. The standard InChI is InChI=1S/C13H15N3OS/c1-10(2)8-17-12-6-4-11(5-7-12)16-13(18-3)15-9-14/h4-7H,1,8H2,2-3H3,(H,15,16). The van der Waals surface area contributed by atoms with Crippen LogP contribution in [0.25, 0.3) is 0 Å². The molecule has 0 radical (unpaired) electrons. The highest BCUT2D eigenvalue weighted by Gasteiger charge is 1.98. The first kappa shape index (κ1) is 14.1. The quantitative estimate of drug-likeness (QED) is 0.297. The summed E-state index contributed by atoms with van der Waals surface area (Å²) in [4.78, 5) is 4.28. The van der Waals surface area contributed by atoms with Crippen LogP contribution in [0.3, 0.4) is 0 Å². The van der Waals surface area contributed by atoms with Gasteiger partial charge in [-0.15, -0.1) is 0 Å². The van der Waals surface area contributed by atoms with Crippen LogP contribution in [0.5, 0.6) is 5.75 Å². The van der Waals surface area contributed by atoms with Crippen LogP contribution in [0, 0.1) is 11.5 Å². The molecule has 0 spiro atoms. The lowest BCUT2D eigenvalue weighted by molar-refractivity contribution is 0.353. The highest BCUT2D eigenvalue weighted by molar-refractivity contribution is 8.13. The minimum atomic E-state index is 0.509. The maximum atomic E-state index is 8.53. The lowest BCUT2D eigenvalue weighted by Gasteiger charge is -2.05. The second kappa shape index (κ2) is 7.41. The van der Waals surface area contributed by atoms with Gasteiger partial charge < -0.3 is 4.74 Å². The molecule has 1 aromatic carbocycles. The van der Waals surface area contributed by atoms with Gasteiger partial charge in [0.2, 0.25) is 0 Å². The Bertz CT molecular complexity index is 474. The first-order valence-electron chi connectivity index (χ1n) is 5.30. The van der Waals surface area contributed by atoms with E-state index < -0.39 is 0 Å². The number of nitriles is 1. The first-order chi connectivity index (χ1) is 8.65. The van der Waals surface area contributed by atoms with Crippen molar-refractivity contribution in [3.05, 3.63) is 36.4 Å². The molecule has 4 nitrogen and oxygen atoms in total. The number of amidine groups is 1. The zero-order valence-corrected chi connectivity index (χ0v) is 11.3. The summed E-state index contributed by atoms with van der Waals surface area (Å²) in [6.45, 7) is 6.19. The maximum absolute atomic E-state index is 8.53. The van der Waals surface area contributed by atoms with Gasteiger partial charge in [-0.3, -0.25) is 5.32 Å². The van der Waals surface area contributed by atoms with Crippen LogP contribution in [0.15, 0.2) is 41.4 Å². The van der Waals surface area contributed by atoms with Crippen LogP contribution in [-0.4, -0.2) is 18.0 Å². The number of thioether (sulfide) groups is 1. The molecule has 0 bridgehead atoms. The highest BCUT2D eigenvalue weighted by Crippen LogP contribution is 2.19. The molecule has 94 valence electrons. The smallest absolute Gasteiger partial charge is 0.183 e. The van der Waals surface area contributed by atoms with E-state index in [1.807, 2.05) is 43.6 Å². The molecule has 0 aliphatic heterocycles. The third-order valence-electron chi connectivity index (χ3n) is 1.91. The highest BCUT2D eigenvalue weighted by atomic mass is 32.2. The Labute approximate surface area is 111 Å². The normalized spacial score (nSPS) is 10.6. The van der Waals surface area contributed by atoms with Crippen molar-refractivity contribution in [1.29, 1.82) is 5.26 Å². The molecule has 0 fully saturated rings. The molecule has 18 heavy (non-hydrogen) atoms. The van der Waals surface area contributed by atoms with E-state index in [0.717, 1.165) is 17.0 Å². The fourth-order valence-electron chi connectivity index (χ4n) is 1.11. The Morgan fingerprint density at radius 3 is 2.67 bits per heavy atom. The number of hydrogen-bond acceptors (Lipinski definition) is 4. The molecule has 1 rings (SSSR count). The lowest BCUT2D eigenvalue weighted by atomic mass is 10.3. The summed E-state index contributed by atoms with van der Waals surface area (Å²) in [6.07, 6.45) is 3.70.